The van der Waals surface area contributed by atoms with Crippen molar-refractivity contribution in [1.82, 2.24) is 4.98 Å². The van der Waals surface area contributed by atoms with E-state index < -0.39 is 0 Å². The van der Waals surface area contributed by atoms with Crippen LogP contribution in [-0.2, 0) is 0 Å². The fourth-order valence-electron chi connectivity index (χ4n) is 2.39. The summed E-state index contributed by atoms with van der Waals surface area (Å²) in [7, 11) is 1.59. The third-order valence-electron chi connectivity index (χ3n) is 3.37. The molecule has 2 amide bonds. The van der Waals surface area contributed by atoms with Crippen LogP contribution in [0.5, 0.6) is 5.75 Å². The maximum Gasteiger partial charge on any atom is 0.323 e. The van der Waals surface area contributed by atoms with Gasteiger partial charge in [-0.2, -0.15) is 0 Å². The average molecular weight is 295 g/mol. The Morgan fingerprint density at radius 1 is 1.09 bits per heavy atom. The first kappa shape index (κ1) is 14.0. The van der Waals surface area contributed by atoms with Crippen molar-refractivity contribution in [2.45, 2.75) is 6.92 Å². The summed E-state index contributed by atoms with van der Waals surface area (Å²) in [5, 5.41) is 6.66. The number of hydrogen-bond acceptors (Lipinski definition) is 2. The van der Waals surface area contributed by atoms with E-state index in [0.717, 1.165) is 22.3 Å². The molecular formula is C17H17N3O2. The Morgan fingerprint density at radius 3 is 2.73 bits per heavy atom. The number of anilines is 2. The maximum absolute atomic E-state index is 12.2. The van der Waals surface area contributed by atoms with Crippen LogP contribution in [0.2, 0.25) is 0 Å². The number of methoxy groups -OCH3 is 1. The summed E-state index contributed by atoms with van der Waals surface area (Å²) in [5.41, 5.74) is 3.49. The highest BCUT2D eigenvalue weighted by Crippen LogP contribution is 2.24. The number of aryl methyl sites for hydroxylation is 1. The number of nitrogens with one attached hydrogen (secondary N) is 3. The summed E-state index contributed by atoms with van der Waals surface area (Å²) < 4.78 is 5.14. The smallest absolute Gasteiger partial charge is 0.323 e. The fraction of sp³-hybridized carbons (Fsp3) is 0.118. The van der Waals surface area contributed by atoms with Gasteiger partial charge in [-0.3, -0.25) is 0 Å². The number of hydrogen-bond donors (Lipinski definition) is 3. The Morgan fingerprint density at radius 2 is 1.91 bits per heavy atom. The number of carbonyl (C=O) groups excluding carboxylic acids is 1. The minimum absolute atomic E-state index is 0.292. The summed E-state index contributed by atoms with van der Waals surface area (Å²) in [6.45, 7) is 1.99. The number of rotatable bonds is 3. The molecule has 3 rings (SSSR count). The van der Waals surface area contributed by atoms with Gasteiger partial charge in [-0.05, 0) is 37.3 Å². The highest BCUT2D eigenvalue weighted by atomic mass is 16.5. The van der Waals surface area contributed by atoms with Gasteiger partial charge >= 0.3 is 6.03 Å². The topological polar surface area (TPSA) is 66.2 Å². The third-order valence-corrected chi connectivity index (χ3v) is 3.37. The third kappa shape index (κ3) is 2.88. The number of amides is 2. The van der Waals surface area contributed by atoms with E-state index in [4.69, 9.17) is 4.74 Å². The molecule has 0 unspecified atom stereocenters. The summed E-state index contributed by atoms with van der Waals surface area (Å²) >= 11 is 0. The molecular weight excluding hydrogens is 278 g/mol. The second-order valence-electron chi connectivity index (χ2n) is 5.03. The number of aromatic nitrogens is 1. The van der Waals surface area contributed by atoms with Crippen LogP contribution < -0.4 is 15.4 Å². The minimum Gasteiger partial charge on any atom is -0.497 e. The molecule has 5 heteroatoms. The molecule has 0 aliphatic carbocycles. The highest BCUT2D eigenvalue weighted by molar-refractivity contribution is 6.05. The summed E-state index contributed by atoms with van der Waals surface area (Å²) in [6, 6.07) is 14.7. The molecule has 22 heavy (non-hydrogen) atoms. The number of H-pyrrole nitrogens is 1. The van der Waals surface area contributed by atoms with Crippen LogP contribution in [0.4, 0.5) is 16.2 Å². The van der Waals surface area contributed by atoms with Crippen LogP contribution in [0.1, 0.15) is 5.69 Å². The Kier molecular flexibility index (Phi) is 3.70. The van der Waals surface area contributed by atoms with Gasteiger partial charge < -0.3 is 20.4 Å². The van der Waals surface area contributed by atoms with E-state index in [2.05, 4.69) is 15.6 Å². The molecule has 0 aliphatic heterocycles. The van der Waals surface area contributed by atoms with Crippen LogP contribution in [0, 0.1) is 6.92 Å². The molecule has 2 aromatic carbocycles. The molecule has 0 radical (unpaired) electrons. The molecule has 0 saturated carbocycles. The monoisotopic (exact) mass is 295 g/mol. The van der Waals surface area contributed by atoms with Crippen LogP contribution in [0.25, 0.3) is 10.9 Å². The predicted molar refractivity (Wildman–Crippen MR) is 88.7 cm³/mol. The number of urea groups is 1. The van der Waals surface area contributed by atoms with Crippen molar-refractivity contribution in [1.29, 1.82) is 0 Å². The summed E-state index contributed by atoms with van der Waals surface area (Å²) in [5.74, 6) is 0.696. The van der Waals surface area contributed by atoms with Crippen molar-refractivity contribution >= 4 is 28.3 Å². The van der Waals surface area contributed by atoms with Crippen molar-refractivity contribution in [3.63, 3.8) is 0 Å². The van der Waals surface area contributed by atoms with Gasteiger partial charge in [0.15, 0.2) is 0 Å². The molecule has 0 aliphatic rings. The zero-order valence-electron chi connectivity index (χ0n) is 12.4. The van der Waals surface area contributed by atoms with Gasteiger partial charge in [-0.15, -0.1) is 0 Å². The minimum atomic E-state index is -0.292. The van der Waals surface area contributed by atoms with Crippen LogP contribution in [-0.4, -0.2) is 18.1 Å². The first-order chi connectivity index (χ1) is 10.7. The van der Waals surface area contributed by atoms with Gasteiger partial charge in [0.2, 0.25) is 0 Å². The van der Waals surface area contributed by atoms with Crippen molar-refractivity contribution in [3.05, 3.63) is 54.2 Å². The standard InChI is InChI=1S/C17H17N3O2/c1-11-9-14-15(18-11)7-4-8-16(14)20-17(21)19-12-5-3-6-13(10-12)22-2/h3-10,18H,1-2H3,(H2,19,20,21). The molecule has 1 heterocycles. The predicted octanol–water partition coefficient (Wildman–Crippen LogP) is 4.13. The number of aromatic amines is 1. The van der Waals surface area contributed by atoms with E-state index >= 15 is 0 Å². The molecule has 112 valence electrons. The molecule has 3 aromatic rings. The first-order valence-corrected chi connectivity index (χ1v) is 6.96. The lowest BCUT2D eigenvalue weighted by Gasteiger charge is -2.09. The molecule has 0 bridgehead atoms. The summed E-state index contributed by atoms with van der Waals surface area (Å²) in [6.07, 6.45) is 0. The molecule has 0 saturated heterocycles. The number of carbonyl (C=O) groups is 1. The molecule has 3 N–H and O–H groups in total. The largest absolute Gasteiger partial charge is 0.497 e. The Labute approximate surface area is 128 Å². The van der Waals surface area contributed by atoms with E-state index in [0.29, 0.717) is 11.4 Å². The first-order valence-electron chi connectivity index (χ1n) is 6.96. The van der Waals surface area contributed by atoms with Gasteiger partial charge in [0.25, 0.3) is 0 Å². The lowest BCUT2D eigenvalue weighted by atomic mass is 10.2. The molecule has 0 spiro atoms. The second-order valence-corrected chi connectivity index (χ2v) is 5.03. The molecule has 0 atom stereocenters. The lowest BCUT2D eigenvalue weighted by molar-refractivity contribution is 0.262. The van der Waals surface area contributed by atoms with Crippen LogP contribution in [0.15, 0.2) is 48.5 Å². The molecule has 5 nitrogen and oxygen atoms in total. The number of benzene rings is 2. The Hall–Kier alpha value is -2.95. The van der Waals surface area contributed by atoms with E-state index in [9.17, 15) is 4.79 Å². The van der Waals surface area contributed by atoms with E-state index in [1.165, 1.54) is 0 Å². The highest BCUT2D eigenvalue weighted by Gasteiger charge is 2.08. The van der Waals surface area contributed by atoms with Crippen molar-refractivity contribution in [2.24, 2.45) is 0 Å². The Bertz CT molecular complexity index is 824. The van der Waals surface area contributed by atoms with Gasteiger partial charge in [0, 0.05) is 28.4 Å². The maximum atomic E-state index is 12.2. The van der Waals surface area contributed by atoms with Gasteiger partial charge in [-0.1, -0.05) is 12.1 Å². The quantitative estimate of drug-likeness (QED) is 0.680. The Balaban J connectivity index is 1.78. The van der Waals surface area contributed by atoms with Gasteiger partial charge in [0.05, 0.1) is 12.8 Å². The lowest BCUT2D eigenvalue weighted by Crippen LogP contribution is -2.19. The molecule has 1 aromatic heterocycles. The van der Waals surface area contributed by atoms with E-state index in [-0.39, 0.29) is 6.03 Å². The fourth-order valence-corrected chi connectivity index (χ4v) is 2.39. The zero-order chi connectivity index (χ0) is 15.5. The van der Waals surface area contributed by atoms with Crippen molar-refractivity contribution in [2.75, 3.05) is 17.7 Å². The van der Waals surface area contributed by atoms with Crippen molar-refractivity contribution in [3.8, 4) is 5.75 Å². The zero-order valence-corrected chi connectivity index (χ0v) is 12.4. The van der Waals surface area contributed by atoms with E-state index in [1.54, 1.807) is 13.2 Å². The van der Waals surface area contributed by atoms with Gasteiger partial charge in [0.1, 0.15) is 5.75 Å². The molecule has 0 fully saturated rings. The number of fused-ring (bicyclic) bond motifs is 1. The van der Waals surface area contributed by atoms with E-state index in [1.807, 2.05) is 49.4 Å². The van der Waals surface area contributed by atoms with Crippen LogP contribution >= 0.6 is 0 Å². The SMILES string of the molecule is COc1cccc(NC(=O)Nc2cccc3[nH]c(C)cc23)c1. The van der Waals surface area contributed by atoms with Crippen molar-refractivity contribution < 1.29 is 9.53 Å². The number of ether oxygens (including phenoxy) is 1. The summed E-state index contributed by atoms with van der Waals surface area (Å²) in [4.78, 5) is 15.4. The average Bonchev–Trinajstić information content (AvgIpc) is 2.89. The van der Waals surface area contributed by atoms with Gasteiger partial charge in [-0.25, -0.2) is 4.79 Å². The van der Waals surface area contributed by atoms with Crippen LogP contribution in [0.3, 0.4) is 0 Å². The second kappa shape index (κ2) is 5.81. The normalized spacial score (nSPS) is 10.5.